The molecule has 1 heterocycles. The summed E-state index contributed by atoms with van der Waals surface area (Å²) in [5, 5.41) is 11.3. The molecule has 244 valence electrons. The van der Waals surface area contributed by atoms with Gasteiger partial charge in [-0.15, -0.1) is 0 Å². The lowest BCUT2D eigenvalue weighted by molar-refractivity contribution is -0.145. The van der Waals surface area contributed by atoms with Crippen LogP contribution in [-0.4, -0.2) is 39.2 Å². The highest BCUT2D eigenvalue weighted by molar-refractivity contribution is 5.73. The maximum Gasteiger partial charge on any atom is 0.344 e. The molecule has 0 saturated carbocycles. The number of aromatic hydroxyl groups is 1. The fourth-order valence-electron chi connectivity index (χ4n) is 5.20. The van der Waals surface area contributed by atoms with Crippen LogP contribution in [0.2, 0.25) is 0 Å². The van der Waals surface area contributed by atoms with E-state index in [2.05, 4.69) is 72.7 Å². The van der Waals surface area contributed by atoms with Crippen LogP contribution in [0.3, 0.4) is 0 Å². The summed E-state index contributed by atoms with van der Waals surface area (Å²) in [7, 11) is 0. The summed E-state index contributed by atoms with van der Waals surface area (Å²) in [5.74, 6) is 1.37. The molecule has 1 aromatic heterocycles. The Kier molecular flexibility index (Phi) is 11.2. The number of aromatic nitrogens is 3. The molecule has 0 radical (unpaired) electrons. The molecule has 7 heteroatoms. The van der Waals surface area contributed by atoms with Crippen LogP contribution in [0.4, 0.5) is 0 Å². The first-order valence-electron chi connectivity index (χ1n) is 16.4. The second-order valence-electron chi connectivity index (χ2n) is 13.8. The van der Waals surface area contributed by atoms with Crippen LogP contribution < -0.4 is 4.74 Å². The summed E-state index contributed by atoms with van der Waals surface area (Å²) >= 11 is 0. The fraction of sp³-hybridized carbons (Fsp3) is 0.436. The molecule has 0 fully saturated rings. The summed E-state index contributed by atoms with van der Waals surface area (Å²) in [5.41, 5.74) is 5.53. The highest BCUT2D eigenvalue weighted by Gasteiger charge is 2.20. The van der Waals surface area contributed by atoms with Crippen molar-refractivity contribution in [2.24, 2.45) is 0 Å². The first kappa shape index (κ1) is 34.6. The monoisotopic (exact) mass is 623 g/mol. The fourth-order valence-corrected chi connectivity index (χ4v) is 5.20. The Bertz CT molecular complexity index is 1540. The van der Waals surface area contributed by atoms with Gasteiger partial charge in [-0.25, -0.2) is 19.7 Å². The Morgan fingerprint density at radius 3 is 1.72 bits per heavy atom. The van der Waals surface area contributed by atoms with Gasteiger partial charge < -0.3 is 14.6 Å². The third kappa shape index (κ3) is 8.93. The SMILES string of the molecule is CCCCCCc1cc(-c2nc(-c3ccc(C(C)(C)C)cc3)nc(-c3ccc(C(C)(C)C)cc3)n2)c(O)cc1OCC(=O)OCC. The van der Waals surface area contributed by atoms with Crippen LogP contribution in [0, 0.1) is 0 Å². The number of unbranched alkanes of at least 4 members (excludes halogenated alkanes) is 3. The van der Waals surface area contributed by atoms with Crippen LogP contribution in [0.25, 0.3) is 34.2 Å². The molecular formula is C39H49N3O4. The number of benzene rings is 3. The lowest BCUT2D eigenvalue weighted by atomic mass is 9.86. The molecule has 7 nitrogen and oxygen atoms in total. The average molecular weight is 624 g/mol. The summed E-state index contributed by atoms with van der Waals surface area (Å²) in [6, 6.07) is 20.0. The Labute approximate surface area is 274 Å². The molecule has 0 atom stereocenters. The number of hydrogen-bond donors (Lipinski definition) is 1. The minimum Gasteiger partial charge on any atom is -0.507 e. The maximum atomic E-state index is 12.1. The number of carbonyl (C=O) groups excluding carboxylic acids is 1. The molecule has 0 saturated heterocycles. The van der Waals surface area contributed by atoms with Gasteiger partial charge in [0.15, 0.2) is 24.1 Å². The van der Waals surface area contributed by atoms with Gasteiger partial charge in [0.25, 0.3) is 0 Å². The largest absolute Gasteiger partial charge is 0.507 e. The van der Waals surface area contributed by atoms with Gasteiger partial charge in [-0.1, -0.05) is 116 Å². The van der Waals surface area contributed by atoms with Crippen molar-refractivity contribution < 1.29 is 19.4 Å². The Balaban J connectivity index is 1.83. The van der Waals surface area contributed by atoms with Crippen molar-refractivity contribution in [3.8, 4) is 45.7 Å². The van der Waals surface area contributed by atoms with Gasteiger partial charge in [0.05, 0.1) is 12.2 Å². The number of esters is 1. The highest BCUT2D eigenvalue weighted by Crippen LogP contribution is 2.37. The molecule has 4 rings (SSSR count). The summed E-state index contributed by atoms with van der Waals surface area (Å²) in [4.78, 5) is 26.8. The minimum atomic E-state index is -0.454. The molecule has 0 aliphatic heterocycles. The summed E-state index contributed by atoms with van der Waals surface area (Å²) in [6.07, 6.45) is 4.99. The van der Waals surface area contributed by atoms with Crippen molar-refractivity contribution in [1.29, 1.82) is 0 Å². The smallest absolute Gasteiger partial charge is 0.344 e. The zero-order chi connectivity index (χ0) is 33.5. The van der Waals surface area contributed by atoms with Gasteiger partial charge in [-0.3, -0.25) is 0 Å². The molecule has 4 aromatic rings. The molecule has 0 spiro atoms. The first-order valence-corrected chi connectivity index (χ1v) is 16.4. The van der Waals surface area contributed by atoms with Crippen LogP contribution in [-0.2, 0) is 26.8 Å². The Morgan fingerprint density at radius 1 is 0.717 bits per heavy atom. The molecule has 0 unspecified atom stereocenters. The van der Waals surface area contributed by atoms with Crippen molar-refractivity contribution >= 4 is 5.97 Å². The van der Waals surface area contributed by atoms with Crippen molar-refractivity contribution in [1.82, 2.24) is 15.0 Å². The van der Waals surface area contributed by atoms with Gasteiger partial charge in [0, 0.05) is 17.2 Å². The first-order chi connectivity index (χ1) is 21.8. The van der Waals surface area contributed by atoms with E-state index in [9.17, 15) is 9.90 Å². The Morgan fingerprint density at radius 2 is 1.24 bits per heavy atom. The molecule has 0 amide bonds. The lowest BCUT2D eigenvalue weighted by Crippen LogP contribution is -2.15. The van der Waals surface area contributed by atoms with Crippen LogP contribution in [0.1, 0.15) is 97.8 Å². The molecule has 0 aliphatic carbocycles. The van der Waals surface area contributed by atoms with Crippen molar-refractivity contribution in [2.75, 3.05) is 13.2 Å². The minimum absolute atomic E-state index is 0.0131. The second kappa shape index (κ2) is 14.9. The maximum absolute atomic E-state index is 12.1. The van der Waals surface area contributed by atoms with E-state index >= 15 is 0 Å². The van der Waals surface area contributed by atoms with E-state index in [4.69, 9.17) is 24.4 Å². The number of phenolic OH excluding ortho intramolecular Hbond substituents is 1. The zero-order valence-electron chi connectivity index (χ0n) is 28.7. The van der Waals surface area contributed by atoms with Crippen LogP contribution >= 0.6 is 0 Å². The molecule has 3 aromatic carbocycles. The van der Waals surface area contributed by atoms with Gasteiger partial charge in [0.2, 0.25) is 0 Å². The van der Waals surface area contributed by atoms with Crippen LogP contribution in [0.15, 0.2) is 60.7 Å². The van der Waals surface area contributed by atoms with Gasteiger partial charge in [0.1, 0.15) is 11.5 Å². The predicted molar refractivity (Wildman–Crippen MR) is 185 cm³/mol. The molecule has 0 bridgehead atoms. The van der Waals surface area contributed by atoms with Crippen LogP contribution in [0.5, 0.6) is 11.5 Å². The van der Waals surface area contributed by atoms with E-state index in [-0.39, 0.29) is 29.8 Å². The molecular weight excluding hydrogens is 574 g/mol. The molecule has 46 heavy (non-hydrogen) atoms. The normalized spacial score (nSPS) is 11.8. The van der Waals surface area contributed by atoms with Gasteiger partial charge in [-0.2, -0.15) is 0 Å². The highest BCUT2D eigenvalue weighted by atomic mass is 16.6. The third-order valence-corrected chi connectivity index (χ3v) is 8.02. The van der Waals surface area contributed by atoms with Crippen molar-refractivity contribution in [3.05, 3.63) is 77.4 Å². The van der Waals surface area contributed by atoms with E-state index in [1.54, 1.807) is 13.0 Å². The van der Waals surface area contributed by atoms with Crippen molar-refractivity contribution in [3.63, 3.8) is 0 Å². The topological polar surface area (TPSA) is 94.4 Å². The van der Waals surface area contributed by atoms with E-state index in [0.717, 1.165) is 48.8 Å². The van der Waals surface area contributed by atoms with Gasteiger partial charge >= 0.3 is 5.97 Å². The average Bonchev–Trinajstić information content (AvgIpc) is 3.02. The third-order valence-electron chi connectivity index (χ3n) is 8.02. The number of carbonyl (C=O) groups is 1. The second-order valence-corrected chi connectivity index (χ2v) is 13.8. The Hall–Kier alpha value is -4.26. The number of aryl methyl sites for hydroxylation is 1. The lowest BCUT2D eigenvalue weighted by Gasteiger charge is -2.19. The predicted octanol–water partition coefficient (Wildman–Crippen LogP) is 9.24. The van der Waals surface area contributed by atoms with E-state index < -0.39 is 5.97 Å². The van der Waals surface area contributed by atoms with E-state index in [0.29, 0.717) is 28.8 Å². The quantitative estimate of drug-likeness (QED) is 0.124. The van der Waals surface area contributed by atoms with E-state index in [1.807, 2.05) is 30.3 Å². The number of nitrogens with zero attached hydrogens (tertiary/aromatic N) is 3. The van der Waals surface area contributed by atoms with Gasteiger partial charge in [-0.05, 0) is 53.4 Å². The summed E-state index contributed by atoms with van der Waals surface area (Å²) < 4.78 is 10.9. The number of ether oxygens (including phenoxy) is 2. The van der Waals surface area contributed by atoms with Crippen molar-refractivity contribution in [2.45, 2.75) is 98.3 Å². The number of phenols is 1. The number of hydrogen-bond acceptors (Lipinski definition) is 7. The zero-order valence-corrected chi connectivity index (χ0v) is 28.7. The molecule has 0 aliphatic rings. The van der Waals surface area contributed by atoms with E-state index in [1.165, 1.54) is 11.1 Å². The number of rotatable bonds is 12. The summed E-state index contributed by atoms with van der Waals surface area (Å²) in [6.45, 7) is 17.1. The standard InChI is InChI=1S/C39H49N3O4/c1-9-11-12-13-14-28-23-31(32(43)24-33(28)46-25-34(44)45-10-2)37-41-35(26-15-19-29(20-16-26)38(3,4)5)40-36(42-37)27-17-21-30(22-18-27)39(6,7)8/h15-24,43H,9-14,25H2,1-8H3. The molecule has 1 N–H and O–H groups in total.